The summed E-state index contributed by atoms with van der Waals surface area (Å²) in [7, 11) is 0. The Morgan fingerprint density at radius 2 is 2.31 bits per heavy atom. The van der Waals surface area contributed by atoms with E-state index in [2.05, 4.69) is 4.98 Å². The maximum Gasteiger partial charge on any atom is 0.161 e. The van der Waals surface area contributed by atoms with Gasteiger partial charge in [-0.25, -0.2) is 4.98 Å². The standard InChI is InChI=1S/C9H7NO2S/c1-5(11)6-2-3-7(12)8-9(6)13-4-10-8/h2-4,12H,1H3. The highest BCUT2D eigenvalue weighted by atomic mass is 32.1. The van der Waals surface area contributed by atoms with Gasteiger partial charge in [0.1, 0.15) is 11.3 Å². The van der Waals surface area contributed by atoms with Crippen molar-refractivity contribution in [1.29, 1.82) is 0 Å². The Hall–Kier alpha value is -1.42. The van der Waals surface area contributed by atoms with E-state index in [9.17, 15) is 9.90 Å². The first-order valence-corrected chi connectivity index (χ1v) is 4.64. The van der Waals surface area contributed by atoms with Crippen LogP contribution >= 0.6 is 11.3 Å². The van der Waals surface area contributed by atoms with E-state index >= 15 is 0 Å². The molecule has 0 aliphatic heterocycles. The molecule has 2 rings (SSSR count). The fraction of sp³-hybridized carbons (Fsp3) is 0.111. The Bertz CT molecular complexity index is 475. The Kier molecular flexibility index (Phi) is 1.77. The third-order valence-corrected chi connectivity index (χ3v) is 2.70. The largest absolute Gasteiger partial charge is 0.506 e. The molecular formula is C9H7NO2S. The number of fused-ring (bicyclic) bond motifs is 1. The molecule has 0 fully saturated rings. The second kappa shape index (κ2) is 2.81. The van der Waals surface area contributed by atoms with Crippen molar-refractivity contribution in [3.63, 3.8) is 0 Å². The molecule has 1 N–H and O–H groups in total. The maximum absolute atomic E-state index is 11.2. The van der Waals surface area contributed by atoms with Crippen LogP contribution in [-0.2, 0) is 0 Å². The van der Waals surface area contributed by atoms with Gasteiger partial charge >= 0.3 is 0 Å². The van der Waals surface area contributed by atoms with Crippen LogP contribution < -0.4 is 0 Å². The third-order valence-electron chi connectivity index (χ3n) is 1.84. The molecule has 0 aliphatic rings. The van der Waals surface area contributed by atoms with E-state index in [0.717, 1.165) is 4.70 Å². The van der Waals surface area contributed by atoms with E-state index in [1.807, 2.05) is 0 Å². The number of nitrogens with zero attached hydrogens (tertiary/aromatic N) is 1. The monoisotopic (exact) mass is 193 g/mol. The van der Waals surface area contributed by atoms with Crippen LogP contribution in [0.2, 0.25) is 0 Å². The molecule has 1 heterocycles. The number of thiazole rings is 1. The summed E-state index contributed by atoms with van der Waals surface area (Å²) < 4.78 is 0.757. The Balaban J connectivity index is 2.86. The molecule has 2 aromatic rings. The van der Waals surface area contributed by atoms with Gasteiger partial charge in [0.05, 0.1) is 10.2 Å². The lowest BCUT2D eigenvalue weighted by atomic mass is 10.1. The van der Waals surface area contributed by atoms with E-state index in [1.165, 1.54) is 24.3 Å². The highest BCUT2D eigenvalue weighted by Crippen LogP contribution is 2.29. The van der Waals surface area contributed by atoms with Gasteiger partial charge in [0.15, 0.2) is 5.78 Å². The van der Waals surface area contributed by atoms with E-state index < -0.39 is 0 Å². The maximum atomic E-state index is 11.2. The van der Waals surface area contributed by atoms with Gasteiger partial charge in [-0.2, -0.15) is 0 Å². The molecule has 0 unspecified atom stereocenters. The van der Waals surface area contributed by atoms with Crippen LogP contribution in [0.3, 0.4) is 0 Å². The van der Waals surface area contributed by atoms with E-state index in [1.54, 1.807) is 11.6 Å². The second-order valence-electron chi connectivity index (χ2n) is 2.72. The second-order valence-corrected chi connectivity index (χ2v) is 3.57. The number of rotatable bonds is 1. The lowest BCUT2D eigenvalue weighted by Crippen LogP contribution is -1.91. The van der Waals surface area contributed by atoms with Gasteiger partial charge in [-0.3, -0.25) is 4.79 Å². The lowest BCUT2D eigenvalue weighted by molar-refractivity contribution is 0.101. The average molecular weight is 193 g/mol. The van der Waals surface area contributed by atoms with Gasteiger partial charge in [0.25, 0.3) is 0 Å². The van der Waals surface area contributed by atoms with E-state index in [0.29, 0.717) is 11.1 Å². The molecule has 0 spiro atoms. The predicted octanol–water partition coefficient (Wildman–Crippen LogP) is 2.20. The molecule has 4 heteroatoms. The molecule has 0 radical (unpaired) electrons. The number of hydrogen-bond donors (Lipinski definition) is 1. The van der Waals surface area contributed by atoms with Crippen LogP contribution in [0, 0.1) is 0 Å². The van der Waals surface area contributed by atoms with Crippen molar-refractivity contribution in [2.24, 2.45) is 0 Å². The highest BCUT2D eigenvalue weighted by Gasteiger charge is 2.10. The van der Waals surface area contributed by atoms with Gasteiger partial charge in [-0.15, -0.1) is 11.3 Å². The summed E-state index contributed by atoms with van der Waals surface area (Å²) >= 11 is 1.36. The summed E-state index contributed by atoms with van der Waals surface area (Å²) in [5.41, 5.74) is 2.75. The first-order chi connectivity index (χ1) is 6.20. The predicted molar refractivity (Wildman–Crippen MR) is 51.3 cm³/mol. The molecule has 0 amide bonds. The average Bonchev–Trinajstić information content (AvgIpc) is 2.53. The molecule has 0 bridgehead atoms. The number of ketones is 1. The number of benzene rings is 1. The van der Waals surface area contributed by atoms with E-state index in [4.69, 9.17) is 0 Å². The van der Waals surface area contributed by atoms with Gasteiger partial charge in [-0.1, -0.05) is 0 Å². The number of Topliss-reactive ketones (excluding diaryl/α,β-unsaturated/α-hetero) is 1. The number of aromatic nitrogens is 1. The Morgan fingerprint density at radius 3 is 3.00 bits per heavy atom. The van der Waals surface area contributed by atoms with Crippen LogP contribution in [-0.4, -0.2) is 15.9 Å². The number of hydrogen-bond acceptors (Lipinski definition) is 4. The Labute approximate surface area is 78.7 Å². The number of phenols is 1. The molecule has 3 nitrogen and oxygen atoms in total. The van der Waals surface area contributed by atoms with Gasteiger partial charge in [-0.05, 0) is 19.1 Å². The molecule has 13 heavy (non-hydrogen) atoms. The molecule has 1 aromatic heterocycles. The number of carbonyl (C=O) groups excluding carboxylic acids is 1. The fourth-order valence-electron chi connectivity index (χ4n) is 1.21. The van der Waals surface area contributed by atoms with Crippen LogP contribution in [0.4, 0.5) is 0 Å². The summed E-state index contributed by atoms with van der Waals surface area (Å²) in [6.45, 7) is 1.51. The first kappa shape index (κ1) is 8.19. The molecule has 1 aromatic carbocycles. The van der Waals surface area contributed by atoms with Gasteiger partial charge in [0.2, 0.25) is 0 Å². The summed E-state index contributed by atoms with van der Waals surface area (Å²) in [5, 5.41) is 9.40. The van der Waals surface area contributed by atoms with Crippen LogP contribution in [0.5, 0.6) is 5.75 Å². The van der Waals surface area contributed by atoms with Crippen molar-refractivity contribution in [2.75, 3.05) is 0 Å². The summed E-state index contributed by atoms with van der Waals surface area (Å²) in [5.74, 6) is 0.121. The number of aromatic hydroxyl groups is 1. The smallest absolute Gasteiger partial charge is 0.161 e. The normalized spacial score (nSPS) is 10.5. The minimum absolute atomic E-state index is 0.00532. The van der Waals surface area contributed by atoms with Crippen molar-refractivity contribution >= 4 is 27.3 Å². The minimum atomic E-state index is -0.00532. The molecular weight excluding hydrogens is 186 g/mol. The minimum Gasteiger partial charge on any atom is -0.506 e. The van der Waals surface area contributed by atoms with Crippen LogP contribution in [0.25, 0.3) is 10.2 Å². The zero-order chi connectivity index (χ0) is 9.42. The number of carbonyl (C=O) groups is 1. The van der Waals surface area contributed by atoms with Gasteiger partial charge < -0.3 is 5.11 Å². The van der Waals surface area contributed by atoms with E-state index in [-0.39, 0.29) is 11.5 Å². The Morgan fingerprint density at radius 1 is 1.54 bits per heavy atom. The topological polar surface area (TPSA) is 50.2 Å². The van der Waals surface area contributed by atoms with Crippen molar-refractivity contribution in [1.82, 2.24) is 4.98 Å². The first-order valence-electron chi connectivity index (χ1n) is 3.76. The molecule has 0 atom stereocenters. The van der Waals surface area contributed by atoms with Crippen molar-refractivity contribution in [3.8, 4) is 5.75 Å². The van der Waals surface area contributed by atoms with Crippen LogP contribution in [0.15, 0.2) is 17.6 Å². The van der Waals surface area contributed by atoms with Crippen molar-refractivity contribution < 1.29 is 9.90 Å². The van der Waals surface area contributed by atoms with Crippen LogP contribution in [0.1, 0.15) is 17.3 Å². The zero-order valence-electron chi connectivity index (χ0n) is 6.94. The number of phenolic OH excluding ortho intramolecular Hbond substituents is 1. The summed E-state index contributed by atoms with van der Waals surface area (Å²) in [4.78, 5) is 15.1. The summed E-state index contributed by atoms with van der Waals surface area (Å²) in [6.07, 6.45) is 0. The fourth-order valence-corrected chi connectivity index (χ4v) is 2.08. The van der Waals surface area contributed by atoms with Crippen molar-refractivity contribution in [3.05, 3.63) is 23.2 Å². The SMILES string of the molecule is CC(=O)c1ccc(O)c2ncsc12. The summed E-state index contributed by atoms with van der Waals surface area (Å²) in [6, 6.07) is 3.12. The quantitative estimate of drug-likeness (QED) is 0.706. The molecule has 66 valence electrons. The van der Waals surface area contributed by atoms with Crippen molar-refractivity contribution in [2.45, 2.75) is 6.92 Å². The zero-order valence-corrected chi connectivity index (χ0v) is 7.76. The lowest BCUT2D eigenvalue weighted by Gasteiger charge is -1.98. The molecule has 0 saturated heterocycles. The third kappa shape index (κ3) is 1.19. The molecule has 0 aliphatic carbocycles. The molecule has 0 saturated carbocycles. The highest BCUT2D eigenvalue weighted by molar-refractivity contribution is 7.17. The van der Waals surface area contributed by atoms with Gasteiger partial charge in [0, 0.05) is 5.56 Å².